The molecule has 0 bridgehead atoms. The second-order valence-electron chi connectivity index (χ2n) is 3.28. The summed E-state index contributed by atoms with van der Waals surface area (Å²) >= 11 is 0. The molecule has 1 fully saturated rings. The van der Waals surface area contributed by atoms with Gasteiger partial charge in [0.25, 0.3) is 0 Å². The molecule has 0 aromatic rings. The van der Waals surface area contributed by atoms with Crippen molar-refractivity contribution in [2.45, 2.75) is 32.2 Å². The summed E-state index contributed by atoms with van der Waals surface area (Å²) in [5.41, 5.74) is -0.285. The molecular formula is C9H17NO2. The Morgan fingerprint density at radius 1 is 1.50 bits per heavy atom. The number of hydrogen-bond acceptors (Lipinski definition) is 3. The molecule has 3 nitrogen and oxygen atoms in total. The number of rotatable bonds is 3. The van der Waals surface area contributed by atoms with Crippen molar-refractivity contribution in [3.8, 4) is 0 Å². The molecule has 12 heavy (non-hydrogen) atoms. The van der Waals surface area contributed by atoms with Crippen LogP contribution in [-0.4, -0.2) is 31.1 Å². The summed E-state index contributed by atoms with van der Waals surface area (Å²) in [6.45, 7) is 5.94. The fourth-order valence-electron chi connectivity index (χ4n) is 1.71. The summed E-state index contributed by atoms with van der Waals surface area (Å²) in [7, 11) is 0. The summed E-state index contributed by atoms with van der Waals surface area (Å²) < 4.78 is 5.23. The average Bonchev–Trinajstić information content (AvgIpc) is 2.06. The molecule has 3 heteroatoms. The number of hydrogen-bond donors (Lipinski definition) is 1. The third kappa shape index (κ3) is 1.84. The monoisotopic (exact) mass is 171 g/mol. The van der Waals surface area contributed by atoms with Crippen molar-refractivity contribution in [2.24, 2.45) is 0 Å². The molecule has 0 saturated carbocycles. The molecule has 0 atom stereocenters. The van der Waals surface area contributed by atoms with E-state index in [1.807, 2.05) is 6.92 Å². The second kappa shape index (κ2) is 4.01. The van der Waals surface area contributed by atoms with Crippen LogP contribution in [0.25, 0.3) is 0 Å². The largest absolute Gasteiger partial charge is 0.381 e. The standard InChI is InChI=1S/C9H17NO2/c1-3-10-9(8(2)11)4-6-12-7-5-9/h10H,3-7H2,1-2H3. The molecule has 0 aliphatic carbocycles. The van der Waals surface area contributed by atoms with Crippen LogP contribution in [0.4, 0.5) is 0 Å². The van der Waals surface area contributed by atoms with Gasteiger partial charge in [0.15, 0.2) is 0 Å². The number of nitrogens with one attached hydrogen (secondary N) is 1. The highest BCUT2D eigenvalue weighted by Gasteiger charge is 2.35. The zero-order valence-corrected chi connectivity index (χ0v) is 7.85. The van der Waals surface area contributed by atoms with Crippen LogP contribution in [0, 0.1) is 0 Å². The van der Waals surface area contributed by atoms with Gasteiger partial charge in [0, 0.05) is 13.2 Å². The molecule has 1 saturated heterocycles. The molecule has 1 aliphatic heterocycles. The van der Waals surface area contributed by atoms with Crippen molar-refractivity contribution in [3.05, 3.63) is 0 Å². The zero-order chi connectivity index (χ0) is 9.03. The van der Waals surface area contributed by atoms with Crippen LogP contribution in [0.2, 0.25) is 0 Å². The van der Waals surface area contributed by atoms with Crippen molar-refractivity contribution >= 4 is 5.78 Å². The third-order valence-electron chi connectivity index (χ3n) is 2.54. The maximum atomic E-state index is 11.4. The Hall–Kier alpha value is -0.410. The van der Waals surface area contributed by atoms with Gasteiger partial charge in [0.2, 0.25) is 0 Å². The van der Waals surface area contributed by atoms with E-state index in [9.17, 15) is 4.79 Å². The molecule has 70 valence electrons. The number of ketones is 1. The van der Waals surface area contributed by atoms with Crippen molar-refractivity contribution in [1.82, 2.24) is 5.32 Å². The molecular weight excluding hydrogens is 154 g/mol. The Bertz CT molecular complexity index is 156. The Morgan fingerprint density at radius 3 is 2.50 bits per heavy atom. The van der Waals surface area contributed by atoms with Gasteiger partial charge in [0.1, 0.15) is 5.78 Å². The van der Waals surface area contributed by atoms with Gasteiger partial charge in [-0.25, -0.2) is 0 Å². The molecule has 0 unspecified atom stereocenters. The molecule has 0 spiro atoms. The quantitative estimate of drug-likeness (QED) is 0.680. The van der Waals surface area contributed by atoms with Crippen molar-refractivity contribution < 1.29 is 9.53 Å². The number of likely N-dealkylation sites (N-methyl/N-ethyl adjacent to an activating group) is 1. The van der Waals surface area contributed by atoms with Crippen LogP contribution < -0.4 is 5.32 Å². The summed E-state index contributed by atoms with van der Waals surface area (Å²) in [5.74, 6) is 0.243. The number of Topliss-reactive ketones (excluding diaryl/α,β-unsaturated/α-hetero) is 1. The minimum Gasteiger partial charge on any atom is -0.381 e. The van der Waals surface area contributed by atoms with Gasteiger partial charge in [-0.05, 0) is 26.3 Å². The van der Waals surface area contributed by atoms with Crippen LogP contribution in [0.1, 0.15) is 26.7 Å². The van der Waals surface area contributed by atoms with E-state index in [-0.39, 0.29) is 11.3 Å². The molecule has 1 heterocycles. The van der Waals surface area contributed by atoms with Gasteiger partial charge in [-0.3, -0.25) is 4.79 Å². The summed E-state index contributed by atoms with van der Waals surface area (Å²) in [5, 5.41) is 3.27. The van der Waals surface area contributed by atoms with Crippen LogP contribution >= 0.6 is 0 Å². The summed E-state index contributed by atoms with van der Waals surface area (Å²) in [6.07, 6.45) is 1.63. The first-order valence-corrected chi connectivity index (χ1v) is 4.55. The second-order valence-corrected chi connectivity index (χ2v) is 3.28. The first-order chi connectivity index (χ1) is 5.71. The van der Waals surface area contributed by atoms with Crippen LogP contribution in [0.15, 0.2) is 0 Å². The zero-order valence-electron chi connectivity index (χ0n) is 7.85. The van der Waals surface area contributed by atoms with Crippen molar-refractivity contribution in [1.29, 1.82) is 0 Å². The van der Waals surface area contributed by atoms with Gasteiger partial charge >= 0.3 is 0 Å². The molecule has 0 aromatic heterocycles. The highest BCUT2D eigenvalue weighted by molar-refractivity contribution is 5.86. The predicted octanol–water partition coefficient (Wildman–Crippen LogP) is 0.734. The first-order valence-electron chi connectivity index (χ1n) is 4.55. The number of carbonyl (C=O) groups is 1. The normalized spacial score (nSPS) is 22.2. The average molecular weight is 171 g/mol. The summed E-state index contributed by atoms with van der Waals surface area (Å²) in [6, 6.07) is 0. The Kier molecular flexibility index (Phi) is 3.23. The minimum absolute atomic E-state index is 0.243. The van der Waals surface area contributed by atoms with Gasteiger partial charge < -0.3 is 10.1 Å². The van der Waals surface area contributed by atoms with E-state index < -0.39 is 0 Å². The number of carbonyl (C=O) groups excluding carboxylic acids is 1. The fraction of sp³-hybridized carbons (Fsp3) is 0.889. The number of ether oxygens (including phenoxy) is 1. The lowest BCUT2D eigenvalue weighted by Gasteiger charge is -2.35. The van der Waals surface area contributed by atoms with Gasteiger partial charge in [-0.2, -0.15) is 0 Å². The van der Waals surface area contributed by atoms with E-state index in [4.69, 9.17) is 4.74 Å². The summed E-state index contributed by atoms with van der Waals surface area (Å²) in [4.78, 5) is 11.4. The van der Waals surface area contributed by atoms with Gasteiger partial charge in [-0.1, -0.05) is 6.92 Å². The van der Waals surface area contributed by atoms with E-state index in [0.29, 0.717) is 13.2 Å². The van der Waals surface area contributed by atoms with Crippen molar-refractivity contribution in [2.75, 3.05) is 19.8 Å². The SMILES string of the molecule is CCNC1(C(C)=O)CCOCC1. The molecule has 0 radical (unpaired) electrons. The third-order valence-corrected chi connectivity index (χ3v) is 2.54. The lowest BCUT2D eigenvalue weighted by Crippen LogP contribution is -2.54. The first kappa shape index (κ1) is 9.68. The van der Waals surface area contributed by atoms with Crippen LogP contribution in [0.3, 0.4) is 0 Å². The lowest BCUT2D eigenvalue weighted by molar-refractivity contribution is -0.127. The van der Waals surface area contributed by atoms with Gasteiger partial charge in [0.05, 0.1) is 5.54 Å². The molecule has 1 rings (SSSR count). The smallest absolute Gasteiger partial charge is 0.149 e. The van der Waals surface area contributed by atoms with E-state index >= 15 is 0 Å². The van der Waals surface area contributed by atoms with Crippen LogP contribution in [-0.2, 0) is 9.53 Å². The maximum Gasteiger partial charge on any atom is 0.149 e. The topological polar surface area (TPSA) is 38.3 Å². The Balaban J connectivity index is 2.63. The fourth-order valence-corrected chi connectivity index (χ4v) is 1.71. The highest BCUT2D eigenvalue weighted by Crippen LogP contribution is 2.21. The van der Waals surface area contributed by atoms with E-state index in [1.165, 1.54) is 0 Å². The molecule has 1 N–H and O–H groups in total. The van der Waals surface area contributed by atoms with E-state index in [0.717, 1.165) is 19.4 Å². The maximum absolute atomic E-state index is 11.4. The highest BCUT2D eigenvalue weighted by atomic mass is 16.5. The van der Waals surface area contributed by atoms with E-state index in [1.54, 1.807) is 6.92 Å². The molecule has 0 aromatic carbocycles. The van der Waals surface area contributed by atoms with E-state index in [2.05, 4.69) is 5.32 Å². The molecule has 0 amide bonds. The minimum atomic E-state index is -0.285. The Labute approximate surface area is 73.5 Å². The lowest BCUT2D eigenvalue weighted by atomic mass is 9.86. The van der Waals surface area contributed by atoms with Gasteiger partial charge in [-0.15, -0.1) is 0 Å². The Morgan fingerprint density at radius 2 is 2.08 bits per heavy atom. The van der Waals surface area contributed by atoms with Crippen LogP contribution in [0.5, 0.6) is 0 Å². The van der Waals surface area contributed by atoms with Crippen molar-refractivity contribution in [3.63, 3.8) is 0 Å². The molecule has 1 aliphatic rings. The predicted molar refractivity (Wildman–Crippen MR) is 47.1 cm³/mol.